The van der Waals surface area contributed by atoms with Crippen LogP contribution in [0.15, 0.2) is 22.7 Å². The summed E-state index contributed by atoms with van der Waals surface area (Å²) in [6, 6.07) is 6.38. The number of nitrogens with zero attached hydrogens (tertiary/aromatic N) is 1. The smallest absolute Gasteiger partial charge is 0.150 e. The first-order valence-electron chi connectivity index (χ1n) is 6.17. The van der Waals surface area contributed by atoms with Crippen molar-refractivity contribution in [2.75, 3.05) is 0 Å². The van der Waals surface area contributed by atoms with Gasteiger partial charge in [-0.05, 0) is 24.5 Å². The summed E-state index contributed by atoms with van der Waals surface area (Å²) in [5, 5.41) is 7.24. The van der Waals surface area contributed by atoms with Crippen molar-refractivity contribution >= 4 is 11.3 Å². The molecule has 0 spiro atoms. The largest absolute Gasteiger partial charge is 0.360 e. The number of thiophene rings is 1. The molecule has 98 valence electrons. The van der Waals surface area contributed by atoms with Gasteiger partial charge in [0.2, 0.25) is 0 Å². The van der Waals surface area contributed by atoms with Crippen LogP contribution in [0.5, 0.6) is 0 Å². The molecule has 0 saturated carbocycles. The van der Waals surface area contributed by atoms with E-state index in [0.29, 0.717) is 0 Å². The van der Waals surface area contributed by atoms with Crippen molar-refractivity contribution in [1.29, 1.82) is 0 Å². The van der Waals surface area contributed by atoms with E-state index in [2.05, 4.69) is 43.4 Å². The fourth-order valence-electron chi connectivity index (χ4n) is 1.68. The van der Waals surface area contributed by atoms with E-state index >= 15 is 0 Å². The van der Waals surface area contributed by atoms with Crippen LogP contribution in [0.1, 0.15) is 42.0 Å². The molecule has 2 aromatic rings. The predicted octanol–water partition coefficient (Wildman–Crippen LogP) is 3.63. The van der Waals surface area contributed by atoms with Crippen molar-refractivity contribution in [3.63, 3.8) is 0 Å². The van der Waals surface area contributed by atoms with Gasteiger partial charge >= 0.3 is 0 Å². The summed E-state index contributed by atoms with van der Waals surface area (Å²) < 4.78 is 5.15. The molecule has 4 heteroatoms. The second kappa shape index (κ2) is 5.24. The Morgan fingerprint density at radius 3 is 2.61 bits per heavy atom. The number of hydrogen-bond donors (Lipinski definition) is 1. The van der Waals surface area contributed by atoms with Crippen molar-refractivity contribution < 1.29 is 4.52 Å². The lowest BCUT2D eigenvalue weighted by Gasteiger charge is -2.15. The highest BCUT2D eigenvalue weighted by Gasteiger charge is 2.15. The Hall–Kier alpha value is -1.13. The molecule has 0 saturated heterocycles. The van der Waals surface area contributed by atoms with Gasteiger partial charge in [0.25, 0.3) is 0 Å². The number of nitrogens with one attached hydrogen (secondary N) is 1. The lowest BCUT2D eigenvalue weighted by Crippen LogP contribution is -2.11. The molecule has 0 aromatic carbocycles. The quantitative estimate of drug-likeness (QED) is 0.916. The molecule has 18 heavy (non-hydrogen) atoms. The lowest BCUT2D eigenvalue weighted by atomic mass is 9.95. The predicted molar refractivity (Wildman–Crippen MR) is 74.8 cm³/mol. The van der Waals surface area contributed by atoms with E-state index in [1.54, 1.807) is 0 Å². The van der Waals surface area contributed by atoms with Crippen molar-refractivity contribution in [2.45, 2.75) is 46.2 Å². The lowest BCUT2D eigenvalue weighted by molar-refractivity contribution is 0.369. The summed E-state index contributed by atoms with van der Waals surface area (Å²) in [5.74, 6) is 0.889. The number of rotatable bonds is 4. The van der Waals surface area contributed by atoms with E-state index in [4.69, 9.17) is 4.52 Å². The average molecular weight is 264 g/mol. The Morgan fingerprint density at radius 2 is 2.06 bits per heavy atom. The molecule has 0 unspecified atom stereocenters. The van der Waals surface area contributed by atoms with Gasteiger partial charge in [0.15, 0.2) is 5.76 Å². The zero-order valence-corrected chi connectivity index (χ0v) is 12.2. The molecule has 2 rings (SSSR count). The van der Waals surface area contributed by atoms with Crippen LogP contribution >= 0.6 is 11.3 Å². The molecule has 2 aromatic heterocycles. The summed E-state index contributed by atoms with van der Waals surface area (Å²) in [4.78, 5) is 2.78. The highest BCUT2D eigenvalue weighted by atomic mass is 32.1. The van der Waals surface area contributed by atoms with Crippen LogP contribution in [0.4, 0.5) is 0 Å². The summed E-state index contributed by atoms with van der Waals surface area (Å²) in [5.41, 5.74) is 1.17. The normalized spacial score (nSPS) is 12.0. The molecule has 0 fully saturated rings. The monoisotopic (exact) mass is 264 g/mol. The van der Waals surface area contributed by atoms with Gasteiger partial charge in [-0.25, -0.2) is 0 Å². The number of hydrogen-bond acceptors (Lipinski definition) is 4. The average Bonchev–Trinajstić information content (AvgIpc) is 2.87. The molecule has 0 aliphatic carbocycles. The standard InChI is InChI=1S/C14H20N2OS/c1-10-7-11(17-16-10)8-15-9-12-5-6-13(18-12)14(2,3)4/h5-7,15H,8-9H2,1-4H3. The minimum Gasteiger partial charge on any atom is -0.360 e. The molecule has 3 nitrogen and oxygen atoms in total. The van der Waals surface area contributed by atoms with Crippen LogP contribution < -0.4 is 5.32 Å². The van der Waals surface area contributed by atoms with Gasteiger partial charge in [-0.1, -0.05) is 25.9 Å². The summed E-state index contributed by atoms with van der Waals surface area (Å²) >= 11 is 1.87. The van der Waals surface area contributed by atoms with Crippen LogP contribution in [-0.4, -0.2) is 5.16 Å². The minimum atomic E-state index is 0.241. The third-order valence-electron chi connectivity index (χ3n) is 2.68. The number of aryl methyl sites for hydroxylation is 1. The first-order chi connectivity index (χ1) is 8.45. The molecule has 0 amide bonds. The summed E-state index contributed by atoms with van der Waals surface area (Å²) in [6.45, 7) is 10.3. The molecule has 0 aliphatic heterocycles. The van der Waals surface area contributed by atoms with Gasteiger partial charge in [-0.2, -0.15) is 0 Å². The maximum atomic E-state index is 5.15. The Kier molecular flexibility index (Phi) is 3.88. The minimum absolute atomic E-state index is 0.241. The second-order valence-corrected chi connectivity index (χ2v) is 6.72. The Bertz CT molecular complexity index is 508. The topological polar surface area (TPSA) is 38.1 Å². The zero-order chi connectivity index (χ0) is 13.2. The van der Waals surface area contributed by atoms with Crippen molar-refractivity contribution in [3.05, 3.63) is 39.4 Å². The second-order valence-electron chi connectivity index (χ2n) is 5.55. The molecule has 0 bridgehead atoms. The van der Waals surface area contributed by atoms with Crippen LogP contribution in [-0.2, 0) is 18.5 Å². The first-order valence-corrected chi connectivity index (χ1v) is 6.99. The van der Waals surface area contributed by atoms with Crippen LogP contribution in [0, 0.1) is 6.92 Å². The molecular weight excluding hydrogens is 244 g/mol. The van der Waals surface area contributed by atoms with E-state index < -0.39 is 0 Å². The van der Waals surface area contributed by atoms with Crippen molar-refractivity contribution in [3.8, 4) is 0 Å². The van der Waals surface area contributed by atoms with Gasteiger partial charge < -0.3 is 9.84 Å². The molecule has 0 aliphatic rings. The van der Waals surface area contributed by atoms with Gasteiger partial charge in [-0.3, -0.25) is 0 Å². The van der Waals surface area contributed by atoms with Gasteiger partial charge in [0, 0.05) is 22.4 Å². The van der Waals surface area contributed by atoms with Crippen LogP contribution in [0.2, 0.25) is 0 Å². The highest BCUT2D eigenvalue weighted by molar-refractivity contribution is 7.12. The Labute approximate surface area is 112 Å². The molecule has 0 atom stereocenters. The summed E-state index contributed by atoms with van der Waals surface area (Å²) in [7, 11) is 0. The van der Waals surface area contributed by atoms with Gasteiger partial charge in [-0.15, -0.1) is 11.3 Å². The fourth-order valence-corrected chi connectivity index (χ4v) is 2.72. The molecule has 2 heterocycles. The molecule has 0 radical (unpaired) electrons. The summed E-state index contributed by atoms with van der Waals surface area (Å²) in [6.07, 6.45) is 0. The van der Waals surface area contributed by atoms with E-state index in [1.165, 1.54) is 9.75 Å². The fraction of sp³-hybridized carbons (Fsp3) is 0.500. The van der Waals surface area contributed by atoms with E-state index in [-0.39, 0.29) is 5.41 Å². The zero-order valence-electron chi connectivity index (χ0n) is 11.4. The van der Waals surface area contributed by atoms with Crippen LogP contribution in [0.3, 0.4) is 0 Å². The third-order valence-corrected chi connectivity index (χ3v) is 4.19. The van der Waals surface area contributed by atoms with Crippen molar-refractivity contribution in [1.82, 2.24) is 10.5 Å². The SMILES string of the molecule is Cc1cc(CNCc2ccc(C(C)(C)C)s2)on1. The van der Waals surface area contributed by atoms with E-state index in [9.17, 15) is 0 Å². The van der Waals surface area contributed by atoms with E-state index in [0.717, 1.165) is 24.5 Å². The highest BCUT2D eigenvalue weighted by Crippen LogP contribution is 2.29. The maximum absolute atomic E-state index is 5.15. The molecule has 1 N–H and O–H groups in total. The van der Waals surface area contributed by atoms with Gasteiger partial charge in [0.1, 0.15) is 0 Å². The Morgan fingerprint density at radius 1 is 1.28 bits per heavy atom. The maximum Gasteiger partial charge on any atom is 0.150 e. The third kappa shape index (κ3) is 3.43. The van der Waals surface area contributed by atoms with E-state index in [1.807, 2.05) is 24.3 Å². The van der Waals surface area contributed by atoms with Crippen molar-refractivity contribution in [2.24, 2.45) is 0 Å². The van der Waals surface area contributed by atoms with Gasteiger partial charge in [0.05, 0.1) is 12.2 Å². The molecular formula is C14H20N2OS. The van der Waals surface area contributed by atoms with Crippen LogP contribution in [0.25, 0.3) is 0 Å². The first kappa shape index (κ1) is 13.3. The Balaban J connectivity index is 1.85. The number of aromatic nitrogens is 1.